The lowest BCUT2D eigenvalue weighted by Gasteiger charge is -2.22. The van der Waals surface area contributed by atoms with E-state index in [0.29, 0.717) is 12.0 Å². The molecular weight excluding hydrogens is 350 g/mol. The fraction of sp³-hybridized carbons (Fsp3) is 0.350. The Bertz CT molecular complexity index is 747. The summed E-state index contributed by atoms with van der Waals surface area (Å²) in [5.41, 5.74) is 1.34. The third-order valence-electron chi connectivity index (χ3n) is 4.37. The van der Waals surface area contributed by atoms with Crippen LogP contribution in [0.2, 0.25) is 0 Å². The zero-order chi connectivity index (χ0) is 19.8. The van der Waals surface area contributed by atoms with E-state index in [-0.39, 0.29) is 49.2 Å². The van der Waals surface area contributed by atoms with Gasteiger partial charge < -0.3 is 30.8 Å². The molecule has 0 heterocycles. The van der Waals surface area contributed by atoms with Crippen LogP contribution in [-0.2, 0) is 17.6 Å². The van der Waals surface area contributed by atoms with Gasteiger partial charge in [-0.05, 0) is 48.6 Å². The van der Waals surface area contributed by atoms with Gasteiger partial charge in [-0.25, -0.2) is 0 Å². The van der Waals surface area contributed by atoms with Crippen LogP contribution in [-0.4, -0.2) is 50.7 Å². The van der Waals surface area contributed by atoms with Gasteiger partial charge in [0.1, 0.15) is 17.2 Å². The van der Waals surface area contributed by atoms with E-state index >= 15 is 0 Å². The molecule has 0 bridgehead atoms. The standard InChI is InChI=1S/C20H25NO6/c22-8-7-15(10-14-3-6-18(25)11-19(14)26)20(27)21-16(12-23)9-13-1-4-17(24)5-2-13/h1-6,11,15-16,22-26H,7-10,12H2,(H,21,27). The Hall–Kier alpha value is -2.77. The number of benzene rings is 2. The molecule has 146 valence electrons. The van der Waals surface area contributed by atoms with Gasteiger partial charge in [0.25, 0.3) is 0 Å². The van der Waals surface area contributed by atoms with E-state index in [1.165, 1.54) is 30.3 Å². The zero-order valence-corrected chi connectivity index (χ0v) is 14.9. The number of aliphatic hydroxyl groups is 2. The molecule has 0 fully saturated rings. The van der Waals surface area contributed by atoms with Crippen LogP contribution in [0.3, 0.4) is 0 Å². The molecule has 1 amide bonds. The molecule has 7 nitrogen and oxygen atoms in total. The predicted octanol–water partition coefficient (Wildman–Crippen LogP) is 1.06. The molecule has 2 aromatic rings. The monoisotopic (exact) mass is 375 g/mol. The number of amides is 1. The molecular formula is C20H25NO6. The molecule has 0 aliphatic heterocycles. The Morgan fingerprint density at radius 3 is 2.19 bits per heavy atom. The van der Waals surface area contributed by atoms with Crippen molar-refractivity contribution in [1.29, 1.82) is 0 Å². The van der Waals surface area contributed by atoms with Gasteiger partial charge in [0.2, 0.25) is 5.91 Å². The van der Waals surface area contributed by atoms with Gasteiger partial charge in [-0.3, -0.25) is 4.79 Å². The van der Waals surface area contributed by atoms with Crippen LogP contribution >= 0.6 is 0 Å². The van der Waals surface area contributed by atoms with Crippen LogP contribution in [0.1, 0.15) is 17.5 Å². The summed E-state index contributed by atoms with van der Waals surface area (Å²) in [6.07, 6.45) is 0.776. The zero-order valence-electron chi connectivity index (χ0n) is 14.9. The Balaban J connectivity index is 2.04. The normalized spacial score (nSPS) is 13.1. The lowest BCUT2D eigenvalue weighted by atomic mass is 9.94. The summed E-state index contributed by atoms with van der Waals surface area (Å²) in [5, 5.41) is 50.2. The second-order valence-electron chi connectivity index (χ2n) is 6.49. The fourth-order valence-corrected chi connectivity index (χ4v) is 2.87. The lowest BCUT2D eigenvalue weighted by molar-refractivity contribution is -0.126. The average Bonchev–Trinajstić information content (AvgIpc) is 2.64. The minimum absolute atomic E-state index is 0.0753. The third kappa shape index (κ3) is 6.16. The highest BCUT2D eigenvalue weighted by atomic mass is 16.3. The van der Waals surface area contributed by atoms with Crippen LogP contribution in [0, 0.1) is 5.92 Å². The van der Waals surface area contributed by atoms with Gasteiger partial charge in [0.05, 0.1) is 12.6 Å². The minimum Gasteiger partial charge on any atom is -0.508 e. The third-order valence-corrected chi connectivity index (χ3v) is 4.37. The summed E-state index contributed by atoms with van der Waals surface area (Å²) in [6, 6.07) is 10.1. The highest BCUT2D eigenvalue weighted by Gasteiger charge is 2.23. The van der Waals surface area contributed by atoms with Crippen molar-refractivity contribution in [3.05, 3.63) is 53.6 Å². The van der Waals surface area contributed by atoms with Gasteiger partial charge >= 0.3 is 0 Å². The number of aliphatic hydroxyl groups excluding tert-OH is 2. The molecule has 7 heteroatoms. The number of nitrogens with one attached hydrogen (secondary N) is 1. The second-order valence-corrected chi connectivity index (χ2v) is 6.49. The summed E-state index contributed by atoms with van der Waals surface area (Å²) in [5.74, 6) is -0.990. The largest absolute Gasteiger partial charge is 0.508 e. The first kappa shape index (κ1) is 20.5. The van der Waals surface area contributed by atoms with E-state index in [9.17, 15) is 30.3 Å². The molecule has 27 heavy (non-hydrogen) atoms. The number of phenols is 3. The van der Waals surface area contributed by atoms with Crippen molar-refractivity contribution in [3.63, 3.8) is 0 Å². The topological polar surface area (TPSA) is 130 Å². The fourth-order valence-electron chi connectivity index (χ4n) is 2.87. The first-order valence-corrected chi connectivity index (χ1v) is 8.73. The van der Waals surface area contributed by atoms with E-state index in [4.69, 9.17) is 0 Å². The molecule has 2 aromatic carbocycles. The Labute approximate surface area is 157 Å². The molecule has 2 atom stereocenters. The number of rotatable bonds is 9. The van der Waals surface area contributed by atoms with Crippen molar-refractivity contribution in [2.45, 2.75) is 25.3 Å². The van der Waals surface area contributed by atoms with Crippen LogP contribution in [0.4, 0.5) is 0 Å². The van der Waals surface area contributed by atoms with Crippen LogP contribution < -0.4 is 5.32 Å². The molecule has 6 N–H and O–H groups in total. The van der Waals surface area contributed by atoms with Crippen molar-refractivity contribution >= 4 is 5.91 Å². The van der Waals surface area contributed by atoms with E-state index in [0.717, 1.165) is 5.56 Å². The minimum atomic E-state index is -0.598. The number of hydrogen-bond acceptors (Lipinski definition) is 6. The predicted molar refractivity (Wildman–Crippen MR) is 99.5 cm³/mol. The molecule has 0 saturated carbocycles. The van der Waals surface area contributed by atoms with Gasteiger partial charge in [0.15, 0.2) is 0 Å². The van der Waals surface area contributed by atoms with E-state index in [1.807, 2.05) is 0 Å². The number of phenolic OH excluding ortho intramolecular Hbond substituents is 3. The molecule has 0 aliphatic rings. The van der Waals surface area contributed by atoms with Gasteiger partial charge in [0, 0.05) is 18.6 Å². The Morgan fingerprint density at radius 1 is 0.926 bits per heavy atom. The SMILES string of the molecule is O=C(NC(CO)Cc1ccc(O)cc1)C(CCO)Cc1ccc(O)cc1O. The quantitative estimate of drug-likeness (QED) is 0.389. The lowest BCUT2D eigenvalue weighted by Crippen LogP contribution is -2.43. The van der Waals surface area contributed by atoms with Gasteiger partial charge in [-0.1, -0.05) is 18.2 Å². The number of carbonyl (C=O) groups is 1. The van der Waals surface area contributed by atoms with Crippen molar-refractivity contribution < 1.29 is 30.3 Å². The maximum absolute atomic E-state index is 12.6. The van der Waals surface area contributed by atoms with Crippen LogP contribution in [0.15, 0.2) is 42.5 Å². The summed E-state index contributed by atoms with van der Waals surface area (Å²) < 4.78 is 0. The molecule has 2 unspecified atom stereocenters. The number of hydrogen-bond donors (Lipinski definition) is 6. The Kier molecular flexibility index (Phi) is 7.45. The second kappa shape index (κ2) is 9.80. The van der Waals surface area contributed by atoms with Crippen molar-refractivity contribution in [1.82, 2.24) is 5.32 Å². The van der Waals surface area contributed by atoms with Crippen molar-refractivity contribution in [3.8, 4) is 17.2 Å². The molecule has 2 rings (SSSR count). The van der Waals surface area contributed by atoms with Crippen molar-refractivity contribution in [2.75, 3.05) is 13.2 Å². The molecule has 0 aliphatic carbocycles. The smallest absolute Gasteiger partial charge is 0.223 e. The van der Waals surface area contributed by atoms with Crippen molar-refractivity contribution in [2.24, 2.45) is 5.92 Å². The number of aromatic hydroxyl groups is 3. The van der Waals surface area contributed by atoms with Crippen LogP contribution in [0.25, 0.3) is 0 Å². The first-order chi connectivity index (χ1) is 12.9. The Morgan fingerprint density at radius 2 is 1.59 bits per heavy atom. The first-order valence-electron chi connectivity index (χ1n) is 8.73. The summed E-state index contributed by atoms with van der Waals surface area (Å²) in [6.45, 7) is -0.457. The summed E-state index contributed by atoms with van der Waals surface area (Å²) in [4.78, 5) is 12.6. The molecule has 0 saturated heterocycles. The van der Waals surface area contributed by atoms with E-state index in [2.05, 4.69) is 5.32 Å². The highest BCUT2D eigenvalue weighted by Crippen LogP contribution is 2.26. The highest BCUT2D eigenvalue weighted by molar-refractivity contribution is 5.79. The van der Waals surface area contributed by atoms with E-state index in [1.54, 1.807) is 12.1 Å². The molecule has 0 aromatic heterocycles. The molecule has 0 spiro atoms. The van der Waals surface area contributed by atoms with Crippen LogP contribution in [0.5, 0.6) is 17.2 Å². The number of carbonyl (C=O) groups excluding carboxylic acids is 1. The molecule has 0 radical (unpaired) electrons. The summed E-state index contributed by atoms with van der Waals surface area (Å²) in [7, 11) is 0. The maximum Gasteiger partial charge on any atom is 0.223 e. The van der Waals surface area contributed by atoms with Gasteiger partial charge in [-0.15, -0.1) is 0 Å². The van der Waals surface area contributed by atoms with Gasteiger partial charge in [-0.2, -0.15) is 0 Å². The summed E-state index contributed by atoms with van der Waals surface area (Å²) >= 11 is 0. The maximum atomic E-state index is 12.6. The average molecular weight is 375 g/mol. The van der Waals surface area contributed by atoms with E-state index < -0.39 is 12.0 Å².